The Bertz CT molecular complexity index is 540. The molecule has 1 aromatic rings. The molecule has 3 rings (SSSR count). The third-order valence-electron chi connectivity index (χ3n) is 5.29. The fraction of sp³-hybridized carbons (Fsp3) is 0.632. The minimum atomic E-state index is 0.303. The van der Waals surface area contributed by atoms with Gasteiger partial charge in [0.25, 0.3) is 0 Å². The quantitative estimate of drug-likeness (QED) is 0.855. The van der Waals surface area contributed by atoms with E-state index in [0.717, 1.165) is 25.9 Å². The third kappa shape index (κ3) is 3.05. The van der Waals surface area contributed by atoms with Crippen LogP contribution in [0.4, 0.5) is 0 Å². The van der Waals surface area contributed by atoms with E-state index in [4.69, 9.17) is 0 Å². The molecule has 22 heavy (non-hydrogen) atoms. The first kappa shape index (κ1) is 15.5. The minimum absolute atomic E-state index is 0.303. The van der Waals surface area contributed by atoms with Crippen LogP contribution in [0.1, 0.15) is 50.3 Å². The van der Waals surface area contributed by atoms with Crippen LogP contribution in [-0.4, -0.2) is 41.9 Å². The summed E-state index contributed by atoms with van der Waals surface area (Å²) in [4.78, 5) is 17.0. The van der Waals surface area contributed by atoms with Gasteiger partial charge in [-0.15, -0.1) is 0 Å². The number of piperidine rings is 1. The van der Waals surface area contributed by atoms with Crippen LogP contribution in [0.25, 0.3) is 0 Å². The molecule has 1 aromatic carbocycles. The molecule has 0 bridgehead atoms. The van der Waals surface area contributed by atoms with Crippen LogP contribution in [-0.2, 0) is 11.2 Å². The molecule has 120 valence electrons. The zero-order valence-electron chi connectivity index (χ0n) is 14.1. The van der Waals surface area contributed by atoms with E-state index < -0.39 is 0 Å². The molecule has 0 aliphatic carbocycles. The predicted octanol–water partition coefficient (Wildman–Crippen LogP) is 3.25. The molecule has 1 saturated heterocycles. The first-order chi connectivity index (χ1) is 10.6. The maximum atomic E-state index is 12.4. The van der Waals surface area contributed by atoms with Gasteiger partial charge in [0.05, 0.1) is 0 Å². The zero-order chi connectivity index (χ0) is 15.7. The van der Waals surface area contributed by atoms with Crippen molar-refractivity contribution in [2.24, 2.45) is 5.92 Å². The van der Waals surface area contributed by atoms with Crippen LogP contribution < -0.4 is 0 Å². The highest BCUT2D eigenvalue weighted by molar-refractivity contribution is 5.76. The second-order valence-corrected chi connectivity index (χ2v) is 7.28. The first-order valence-corrected chi connectivity index (χ1v) is 8.63. The van der Waals surface area contributed by atoms with Crippen molar-refractivity contribution in [3.63, 3.8) is 0 Å². The van der Waals surface area contributed by atoms with Crippen molar-refractivity contribution in [1.29, 1.82) is 0 Å². The Kier molecular flexibility index (Phi) is 4.53. The molecule has 2 heterocycles. The predicted molar refractivity (Wildman–Crippen MR) is 89.7 cm³/mol. The van der Waals surface area contributed by atoms with E-state index in [0.29, 0.717) is 30.3 Å². The highest BCUT2D eigenvalue weighted by Gasteiger charge is 2.35. The second kappa shape index (κ2) is 6.41. The van der Waals surface area contributed by atoms with E-state index in [-0.39, 0.29) is 0 Å². The Labute approximate surface area is 134 Å². The third-order valence-corrected chi connectivity index (χ3v) is 5.29. The SMILES string of the molecule is CC(C)CC(=O)N(C)[C@@H]1CCN2CCc3ccccc3[C@@H]2C1. The summed E-state index contributed by atoms with van der Waals surface area (Å²) in [7, 11) is 2.00. The van der Waals surface area contributed by atoms with E-state index in [1.54, 1.807) is 0 Å². The smallest absolute Gasteiger partial charge is 0.222 e. The van der Waals surface area contributed by atoms with Crippen LogP contribution in [0.5, 0.6) is 0 Å². The van der Waals surface area contributed by atoms with Crippen molar-refractivity contribution in [2.75, 3.05) is 20.1 Å². The molecule has 3 heteroatoms. The van der Waals surface area contributed by atoms with Crippen molar-refractivity contribution < 1.29 is 4.79 Å². The topological polar surface area (TPSA) is 23.6 Å². The molecule has 2 aliphatic heterocycles. The Morgan fingerprint density at radius 1 is 1.32 bits per heavy atom. The highest BCUT2D eigenvalue weighted by Crippen LogP contribution is 2.37. The summed E-state index contributed by atoms with van der Waals surface area (Å²) in [5, 5.41) is 0. The van der Waals surface area contributed by atoms with Gasteiger partial charge in [-0.1, -0.05) is 38.1 Å². The Morgan fingerprint density at radius 3 is 2.86 bits per heavy atom. The van der Waals surface area contributed by atoms with Crippen LogP contribution >= 0.6 is 0 Å². The van der Waals surface area contributed by atoms with Gasteiger partial charge in [0.2, 0.25) is 5.91 Å². The number of carbonyl (C=O) groups excluding carboxylic acids is 1. The molecule has 0 unspecified atom stereocenters. The minimum Gasteiger partial charge on any atom is -0.343 e. The first-order valence-electron chi connectivity index (χ1n) is 8.63. The van der Waals surface area contributed by atoms with E-state index in [2.05, 4.69) is 43.0 Å². The number of fused-ring (bicyclic) bond motifs is 3. The maximum absolute atomic E-state index is 12.4. The summed E-state index contributed by atoms with van der Waals surface area (Å²) in [6, 6.07) is 9.73. The normalized spacial score (nSPS) is 24.7. The largest absolute Gasteiger partial charge is 0.343 e. The van der Waals surface area contributed by atoms with Gasteiger partial charge in [-0.2, -0.15) is 0 Å². The number of carbonyl (C=O) groups is 1. The number of hydrogen-bond donors (Lipinski definition) is 0. The van der Waals surface area contributed by atoms with Crippen molar-refractivity contribution in [1.82, 2.24) is 9.80 Å². The number of hydrogen-bond acceptors (Lipinski definition) is 2. The van der Waals surface area contributed by atoms with Gasteiger partial charge in [-0.05, 0) is 36.3 Å². The molecule has 0 spiro atoms. The molecule has 0 radical (unpaired) electrons. The lowest BCUT2D eigenvalue weighted by atomic mass is 9.84. The van der Waals surface area contributed by atoms with Crippen molar-refractivity contribution >= 4 is 5.91 Å². The van der Waals surface area contributed by atoms with E-state index >= 15 is 0 Å². The van der Waals surface area contributed by atoms with Crippen LogP contribution in [0, 0.1) is 5.92 Å². The van der Waals surface area contributed by atoms with E-state index in [1.807, 2.05) is 11.9 Å². The average Bonchev–Trinajstić information content (AvgIpc) is 2.53. The van der Waals surface area contributed by atoms with Crippen molar-refractivity contribution in [2.45, 2.75) is 51.6 Å². The van der Waals surface area contributed by atoms with Gasteiger partial charge in [0.15, 0.2) is 0 Å². The fourth-order valence-corrected chi connectivity index (χ4v) is 3.99. The number of benzene rings is 1. The molecule has 2 aliphatic rings. The summed E-state index contributed by atoms with van der Waals surface area (Å²) in [6.07, 6.45) is 4.02. The van der Waals surface area contributed by atoms with Gasteiger partial charge in [-0.3, -0.25) is 9.69 Å². The summed E-state index contributed by atoms with van der Waals surface area (Å²) < 4.78 is 0. The van der Waals surface area contributed by atoms with Gasteiger partial charge >= 0.3 is 0 Å². The lowest BCUT2D eigenvalue weighted by Crippen LogP contribution is -2.49. The molecular weight excluding hydrogens is 272 g/mol. The standard InChI is InChI=1S/C19H28N2O/c1-14(2)12-19(22)20(3)16-9-11-21-10-8-15-6-4-5-7-17(15)18(21)13-16/h4-7,14,16,18H,8-13H2,1-3H3/t16-,18+/m1/s1. The molecule has 2 atom stereocenters. The maximum Gasteiger partial charge on any atom is 0.222 e. The van der Waals surface area contributed by atoms with Crippen molar-refractivity contribution in [3.8, 4) is 0 Å². The summed E-state index contributed by atoms with van der Waals surface area (Å²) in [5.41, 5.74) is 2.99. The van der Waals surface area contributed by atoms with E-state index in [9.17, 15) is 4.79 Å². The highest BCUT2D eigenvalue weighted by atomic mass is 16.2. The van der Waals surface area contributed by atoms with Gasteiger partial charge < -0.3 is 4.90 Å². The summed E-state index contributed by atoms with van der Waals surface area (Å²) >= 11 is 0. The van der Waals surface area contributed by atoms with Crippen LogP contribution in [0.15, 0.2) is 24.3 Å². The van der Waals surface area contributed by atoms with Crippen molar-refractivity contribution in [3.05, 3.63) is 35.4 Å². The number of nitrogens with zero attached hydrogens (tertiary/aromatic N) is 2. The average molecular weight is 300 g/mol. The summed E-state index contributed by atoms with van der Waals surface area (Å²) in [5.74, 6) is 0.739. The molecule has 1 fully saturated rings. The Hall–Kier alpha value is -1.35. The molecule has 1 amide bonds. The molecule has 0 aromatic heterocycles. The summed E-state index contributed by atoms with van der Waals surface area (Å²) in [6.45, 7) is 6.51. The lowest BCUT2D eigenvalue weighted by molar-refractivity contribution is -0.134. The molecular formula is C19H28N2O. The Balaban J connectivity index is 1.73. The molecule has 0 saturated carbocycles. The monoisotopic (exact) mass is 300 g/mol. The van der Waals surface area contributed by atoms with Gasteiger partial charge in [0, 0.05) is 38.6 Å². The van der Waals surface area contributed by atoms with Crippen LogP contribution in [0.3, 0.4) is 0 Å². The molecule has 0 N–H and O–H groups in total. The van der Waals surface area contributed by atoms with Gasteiger partial charge in [0.1, 0.15) is 0 Å². The fourth-order valence-electron chi connectivity index (χ4n) is 3.99. The zero-order valence-corrected chi connectivity index (χ0v) is 14.1. The van der Waals surface area contributed by atoms with E-state index in [1.165, 1.54) is 17.5 Å². The van der Waals surface area contributed by atoms with Gasteiger partial charge in [-0.25, -0.2) is 0 Å². The Morgan fingerprint density at radius 2 is 2.09 bits per heavy atom. The lowest BCUT2D eigenvalue weighted by Gasteiger charge is -2.45. The molecule has 3 nitrogen and oxygen atoms in total. The second-order valence-electron chi connectivity index (χ2n) is 7.28. The number of rotatable bonds is 3. The number of amides is 1. The van der Waals surface area contributed by atoms with Crippen LogP contribution in [0.2, 0.25) is 0 Å².